The van der Waals surface area contributed by atoms with Crippen LogP contribution in [0.15, 0.2) is 29.1 Å². The van der Waals surface area contributed by atoms with Gasteiger partial charge < -0.3 is 9.15 Å². The van der Waals surface area contributed by atoms with Crippen LogP contribution >= 0.6 is 0 Å². The van der Waals surface area contributed by atoms with Crippen LogP contribution in [0.5, 0.6) is 0 Å². The van der Waals surface area contributed by atoms with Gasteiger partial charge in [-0.05, 0) is 64.9 Å². The van der Waals surface area contributed by atoms with Crippen molar-refractivity contribution in [2.75, 3.05) is 6.61 Å². The molecule has 4 aromatic rings. The summed E-state index contributed by atoms with van der Waals surface area (Å²) in [4.78, 5) is 19.3. The van der Waals surface area contributed by atoms with Gasteiger partial charge in [-0.3, -0.25) is 4.68 Å². The Morgan fingerprint density at radius 1 is 1.02 bits per heavy atom. The first-order chi connectivity index (χ1) is 19.1. The highest BCUT2D eigenvalue weighted by atomic mass is 19.4. The fourth-order valence-corrected chi connectivity index (χ4v) is 7.10. The summed E-state index contributed by atoms with van der Waals surface area (Å²) in [6.45, 7) is 4.27. The summed E-state index contributed by atoms with van der Waals surface area (Å²) in [5, 5.41) is 5.21. The van der Waals surface area contributed by atoms with Gasteiger partial charge in [0, 0.05) is 35.1 Å². The molecule has 5 aliphatic rings. The third-order valence-corrected chi connectivity index (χ3v) is 9.44. The van der Waals surface area contributed by atoms with E-state index in [1.807, 2.05) is 30.8 Å². The van der Waals surface area contributed by atoms with Crippen LogP contribution in [0.3, 0.4) is 0 Å². The average Bonchev–Trinajstić information content (AvgIpc) is 3.43. The number of oxazole rings is 1. The highest BCUT2D eigenvalue weighted by molar-refractivity contribution is 5.84. The van der Waals surface area contributed by atoms with Crippen LogP contribution in [0.4, 0.5) is 13.2 Å². The van der Waals surface area contributed by atoms with Crippen LogP contribution in [0.2, 0.25) is 0 Å². The average molecular weight is 551 g/mol. The highest BCUT2D eigenvalue weighted by Gasteiger charge is 2.79. The van der Waals surface area contributed by atoms with Crippen molar-refractivity contribution in [2.45, 2.75) is 88.4 Å². The highest BCUT2D eigenvalue weighted by Crippen LogP contribution is 2.78. The summed E-state index contributed by atoms with van der Waals surface area (Å²) in [5.41, 5.74) is 2.19. The van der Waals surface area contributed by atoms with Gasteiger partial charge in [-0.15, -0.1) is 0 Å². The van der Waals surface area contributed by atoms with Gasteiger partial charge in [0.15, 0.2) is 5.65 Å². The molecule has 11 heteroatoms. The molecule has 8 nitrogen and oxygen atoms in total. The number of fused-ring (bicyclic) bond motifs is 1. The van der Waals surface area contributed by atoms with Gasteiger partial charge in [0.25, 0.3) is 0 Å². The van der Waals surface area contributed by atoms with Gasteiger partial charge in [-0.1, -0.05) is 0 Å². The number of ether oxygens (including phenoxy) is 1. The Hall–Kier alpha value is -3.34. The van der Waals surface area contributed by atoms with Crippen molar-refractivity contribution in [3.8, 4) is 11.5 Å². The topological polar surface area (TPSA) is 91.8 Å². The quantitative estimate of drug-likeness (QED) is 0.282. The Labute approximate surface area is 228 Å². The fourth-order valence-electron chi connectivity index (χ4n) is 7.10. The summed E-state index contributed by atoms with van der Waals surface area (Å²) in [7, 11) is 0. The van der Waals surface area contributed by atoms with E-state index in [4.69, 9.17) is 24.1 Å². The van der Waals surface area contributed by atoms with E-state index in [0.29, 0.717) is 58.8 Å². The van der Waals surface area contributed by atoms with Gasteiger partial charge in [0.05, 0.1) is 46.4 Å². The number of halogens is 3. The molecule has 5 heterocycles. The Morgan fingerprint density at radius 2 is 1.82 bits per heavy atom. The van der Waals surface area contributed by atoms with Crippen molar-refractivity contribution in [2.24, 2.45) is 5.41 Å². The second kappa shape index (κ2) is 8.11. The molecular weight excluding hydrogens is 521 g/mol. The maximum Gasteiger partial charge on any atom is 0.394 e. The minimum atomic E-state index is -4.20. The third kappa shape index (κ3) is 3.59. The minimum absolute atomic E-state index is 0.00581. The summed E-state index contributed by atoms with van der Waals surface area (Å²) in [6.07, 6.45) is 5.14. The molecule has 5 fully saturated rings. The first-order valence-electron chi connectivity index (χ1n) is 14.0. The lowest BCUT2D eigenvalue weighted by Crippen LogP contribution is -2.70. The SMILES string of the molecule is Cc1coc(-c2cc3c(C45CC(C(F)(F)F)(C4)C5)nc([C@H]4CCO[C@@H](c5cnn(C6CC6)c5)C4)nc3nc2C)n1. The van der Waals surface area contributed by atoms with Crippen LogP contribution in [0, 0.1) is 19.3 Å². The van der Waals surface area contributed by atoms with Crippen LogP contribution in [0.25, 0.3) is 22.5 Å². The monoisotopic (exact) mass is 550 g/mol. The minimum Gasteiger partial charge on any atom is -0.444 e. The van der Waals surface area contributed by atoms with Crippen molar-refractivity contribution in [1.82, 2.24) is 29.7 Å². The molecule has 0 amide bonds. The van der Waals surface area contributed by atoms with Gasteiger partial charge in [0.2, 0.25) is 5.89 Å². The molecule has 0 radical (unpaired) electrons. The van der Waals surface area contributed by atoms with E-state index in [-0.39, 0.29) is 31.3 Å². The lowest BCUT2D eigenvalue weighted by atomic mass is 9.33. The lowest BCUT2D eigenvalue weighted by Gasteiger charge is -2.70. The number of aryl methyl sites for hydroxylation is 2. The van der Waals surface area contributed by atoms with E-state index in [1.165, 1.54) is 0 Å². The first kappa shape index (κ1) is 24.5. The predicted octanol–water partition coefficient (Wildman–Crippen LogP) is 6.45. The molecule has 2 atom stereocenters. The molecule has 0 spiro atoms. The molecule has 40 heavy (non-hydrogen) atoms. The van der Waals surface area contributed by atoms with Crippen LogP contribution in [-0.2, 0) is 10.2 Å². The Balaban J connectivity index is 1.19. The van der Waals surface area contributed by atoms with Gasteiger partial charge in [0.1, 0.15) is 12.1 Å². The zero-order chi connectivity index (χ0) is 27.4. The largest absolute Gasteiger partial charge is 0.444 e. The molecule has 2 bridgehead atoms. The van der Waals surface area contributed by atoms with Gasteiger partial charge in [-0.25, -0.2) is 19.9 Å². The van der Waals surface area contributed by atoms with E-state index in [1.54, 1.807) is 6.26 Å². The molecule has 9 rings (SSSR count). The molecule has 208 valence electrons. The fraction of sp³-hybridized carbons (Fsp3) is 0.552. The number of nitrogens with zero attached hydrogens (tertiary/aromatic N) is 6. The second-order valence-electron chi connectivity index (χ2n) is 12.4. The van der Waals surface area contributed by atoms with Gasteiger partial charge >= 0.3 is 6.18 Å². The molecule has 0 aromatic carbocycles. The number of hydrogen-bond donors (Lipinski definition) is 0. The number of rotatable bonds is 5. The van der Waals surface area contributed by atoms with Crippen molar-refractivity contribution >= 4 is 11.0 Å². The molecule has 4 aromatic heterocycles. The zero-order valence-electron chi connectivity index (χ0n) is 22.3. The Kier molecular flexibility index (Phi) is 4.96. The van der Waals surface area contributed by atoms with Crippen LogP contribution in [-0.4, -0.2) is 42.5 Å². The molecule has 0 N–H and O–H groups in total. The molecule has 1 saturated heterocycles. The maximum atomic E-state index is 13.8. The van der Waals surface area contributed by atoms with E-state index in [2.05, 4.69) is 16.3 Å². The van der Waals surface area contributed by atoms with Crippen molar-refractivity contribution < 1.29 is 22.3 Å². The summed E-state index contributed by atoms with van der Waals surface area (Å²) < 4.78 is 55.2. The second-order valence-corrected chi connectivity index (χ2v) is 12.4. The molecule has 4 aliphatic carbocycles. The number of hydrogen-bond acceptors (Lipinski definition) is 7. The lowest BCUT2D eigenvalue weighted by molar-refractivity contribution is -0.337. The number of alkyl halides is 3. The van der Waals surface area contributed by atoms with E-state index in [0.717, 1.165) is 30.5 Å². The van der Waals surface area contributed by atoms with Crippen molar-refractivity contribution in [3.05, 3.63) is 53.2 Å². The van der Waals surface area contributed by atoms with Crippen molar-refractivity contribution in [1.29, 1.82) is 0 Å². The molecule has 1 aliphatic heterocycles. The van der Waals surface area contributed by atoms with E-state index in [9.17, 15) is 13.2 Å². The smallest absolute Gasteiger partial charge is 0.394 e. The van der Waals surface area contributed by atoms with Crippen LogP contribution in [0.1, 0.15) is 91.5 Å². The summed E-state index contributed by atoms with van der Waals surface area (Å²) in [5.74, 6) is 1.08. The third-order valence-electron chi connectivity index (χ3n) is 9.44. The van der Waals surface area contributed by atoms with E-state index < -0.39 is 17.0 Å². The zero-order valence-corrected chi connectivity index (χ0v) is 22.3. The standard InChI is InChI=1S/C29H29F3N6O2/c1-15-11-40-26(34-15)20-8-21-23(27-12-28(13-27,14-27)29(30,31)32)36-24(37-25(21)35-16(20)2)17-5-6-39-22(7-17)18-9-33-38(10-18)19-3-4-19/h8-11,17,19,22H,3-7,12-14H2,1-2H3/t17-,22+,27?,28?/m0/s1. The first-order valence-corrected chi connectivity index (χ1v) is 14.0. The summed E-state index contributed by atoms with van der Waals surface area (Å²) >= 11 is 0. The van der Waals surface area contributed by atoms with Crippen molar-refractivity contribution in [3.63, 3.8) is 0 Å². The molecule has 4 saturated carbocycles. The number of aromatic nitrogens is 6. The van der Waals surface area contributed by atoms with Gasteiger partial charge in [-0.2, -0.15) is 18.3 Å². The predicted molar refractivity (Wildman–Crippen MR) is 137 cm³/mol. The Morgan fingerprint density at radius 3 is 2.52 bits per heavy atom. The Bertz CT molecular complexity index is 1640. The van der Waals surface area contributed by atoms with E-state index >= 15 is 0 Å². The normalized spacial score (nSPS) is 29.8. The summed E-state index contributed by atoms with van der Waals surface area (Å²) in [6, 6.07) is 2.40. The maximum absolute atomic E-state index is 13.8. The molecule has 0 unspecified atom stereocenters. The number of pyridine rings is 1. The molecular formula is C29H29F3N6O2. The van der Waals surface area contributed by atoms with Crippen LogP contribution < -0.4 is 0 Å².